The smallest absolute Gasteiger partial charge is 0.350 e. The Morgan fingerprint density at radius 2 is 1.90 bits per heavy atom. The van der Waals surface area contributed by atoms with Crippen molar-refractivity contribution in [3.8, 4) is 5.69 Å². The number of rotatable bonds is 2. The van der Waals surface area contributed by atoms with Gasteiger partial charge in [-0.15, -0.1) is 12.6 Å². The lowest BCUT2D eigenvalue weighted by Crippen LogP contribution is -1.98. The van der Waals surface area contributed by atoms with Gasteiger partial charge in [-0.2, -0.15) is 0 Å². The van der Waals surface area contributed by atoms with Gasteiger partial charge in [0.05, 0.1) is 16.6 Å². The number of nitrogens with zero attached hydrogens (tertiary/aromatic N) is 2. The van der Waals surface area contributed by atoms with Crippen molar-refractivity contribution in [3.05, 3.63) is 54.1 Å². The third-order valence-corrected chi connectivity index (χ3v) is 3.44. The molecule has 0 amide bonds. The van der Waals surface area contributed by atoms with Crippen LogP contribution in [0, 0.1) is 0 Å². The quantitative estimate of drug-likeness (QED) is 0.564. The number of imidazole rings is 1. The summed E-state index contributed by atoms with van der Waals surface area (Å²) in [6.07, 6.45) is 0. The van der Waals surface area contributed by atoms with Crippen LogP contribution in [0.25, 0.3) is 16.7 Å². The molecule has 0 fully saturated rings. The van der Waals surface area contributed by atoms with Crippen LogP contribution in [0.4, 0.5) is 0 Å². The zero-order chi connectivity index (χ0) is 14.1. The second-order valence-electron chi connectivity index (χ2n) is 4.17. The Hall–Kier alpha value is -1.92. The van der Waals surface area contributed by atoms with Crippen molar-refractivity contribution in [3.63, 3.8) is 0 Å². The first-order chi connectivity index (χ1) is 9.70. The number of carbonyl (C=O) groups is 1. The van der Waals surface area contributed by atoms with Crippen LogP contribution in [-0.4, -0.2) is 15.5 Å². The van der Waals surface area contributed by atoms with Gasteiger partial charge < -0.3 is 4.18 Å². The minimum Gasteiger partial charge on any atom is -0.391 e. The maximum Gasteiger partial charge on any atom is 0.350 e. The van der Waals surface area contributed by atoms with Crippen molar-refractivity contribution in [2.75, 3.05) is 0 Å². The van der Waals surface area contributed by atoms with Crippen LogP contribution >= 0.6 is 25.5 Å². The Kier molecular flexibility index (Phi) is 3.42. The summed E-state index contributed by atoms with van der Waals surface area (Å²) in [6, 6.07) is 14.9. The molecule has 0 aliphatic carbocycles. The monoisotopic (exact) mass is 302 g/mol. The zero-order valence-corrected chi connectivity index (χ0v) is 12.0. The van der Waals surface area contributed by atoms with Gasteiger partial charge >= 0.3 is 5.97 Å². The molecule has 0 unspecified atom stereocenters. The molecule has 0 aliphatic heterocycles. The summed E-state index contributed by atoms with van der Waals surface area (Å²) in [5, 5.41) is 0.558. The molecule has 0 N–H and O–H groups in total. The normalized spacial score (nSPS) is 10.7. The van der Waals surface area contributed by atoms with Crippen LogP contribution in [0.15, 0.2) is 53.7 Å². The van der Waals surface area contributed by atoms with Gasteiger partial charge in [0.1, 0.15) is 0 Å². The van der Waals surface area contributed by atoms with E-state index in [0.29, 0.717) is 16.2 Å². The van der Waals surface area contributed by atoms with Crippen LogP contribution in [0.2, 0.25) is 0 Å². The largest absolute Gasteiger partial charge is 0.391 e. The van der Waals surface area contributed by atoms with Crippen molar-refractivity contribution >= 4 is 42.5 Å². The van der Waals surface area contributed by atoms with E-state index in [4.69, 9.17) is 0 Å². The van der Waals surface area contributed by atoms with Crippen molar-refractivity contribution in [1.29, 1.82) is 0 Å². The number of carbonyl (C=O) groups excluding carboxylic acids is 1. The molecule has 0 atom stereocenters. The fourth-order valence-electron chi connectivity index (χ4n) is 2.08. The molecule has 0 aliphatic rings. The standard InChI is InChI=1S/C14H10N2O2S2/c17-13(18-20)9-6-7-12-11(8-9)15-14(19)16(12)10-4-2-1-3-5-10/h1-8,20H,(H,15,19). The summed E-state index contributed by atoms with van der Waals surface area (Å²) in [5.74, 6) is -0.509. The summed E-state index contributed by atoms with van der Waals surface area (Å²) < 4.78 is 6.32. The first-order valence-corrected chi connectivity index (χ1v) is 6.64. The average Bonchev–Trinajstić information content (AvgIpc) is 2.82. The fraction of sp³-hybridized carbons (Fsp3) is 0. The molecule has 20 heavy (non-hydrogen) atoms. The highest BCUT2D eigenvalue weighted by Gasteiger charge is 2.13. The highest BCUT2D eigenvalue weighted by molar-refractivity contribution is 7.80. The number of hydrogen-bond donors (Lipinski definition) is 2. The summed E-state index contributed by atoms with van der Waals surface area (Å²) in [6.45, 7) is 0. The number of benzene rings is 2. The van der Waals surface area contributed by atoms with Crippen LogP contribution < -0.4 is 0 Å². The van der Waals surface area contributed by atoms with Gasteiger partial charge in [-0.3, -0.25) is 4.57 Å². The lowest BCUT2D eigenvalue weighted by Gasteiger charge is -2.05. The molecule has 3 rings (SSSR count). The molecular weight excluding hydrogens is 292 g/mol. The summed E-state index contributed by atoms with van der Waals surface area (Å²) >= 11 is 7.91. The van der Waals surface area contributed by atoms with E-state index in [9.17, 15) is 4.79 Å². The maximum atomic E-state index is 11.5. The van der Waals surface area contributed by atoms with E-state index >= 15 is 0 Å². The Bertz CT molecular complexity index is 784. The van der Waals surface area contributed by atoms with Gasteiger partial charge in [0.25, 0.3) is 0 Å². The summed E-state index contributed by atoms with van der Waals surface area (Å²) in [4.78, 5) is 15.8. The third kappa shape index (κ3) is 2.17. The van der Waals surface area contributed by atoms with Crippen LogP contribution in [0.5, 0.6) is 0 Å². The first kappa shape index (κ1) is 13.1. The Labute approximate surface area is 126 Å². The molecule has 2 aromatic carbocycles. The molecule has 4 nitrogen and oxygen atoms in total. The molecule has 0 spiro atoms. The topological polar surface area (TPSA) is 44.1 Å². The molecule has 1 aromatic heterocycles. The first-order valence-electron chi connectivity index (χ1n) is 5.83. The van der Waals surface area contributed by atoms with Crippen molar-refractivity contribution in [2.24, 2.45) is 0 Å². The number of thiol groups is 2. The van der Waals surface area contributed by atoms with Gasteiger partial charge in [0, 0.05) is 18.6 Å². The minimum absolute atomic E-state index is 0.401. The number of hydrogen-bond acceptors (Lipinski definition) is 5. The number of fused-ring (bicyclic) bond motifs is 1. The van der Waals surface area contributed by atoms with E-state index in [1.165, 1.54) is 0 Å². The van der Waals surface area contributed by atoms with Gasteiger partial charge in [-0.25, -0.2) is 9.78 Å². The Morgan fingerprint density at radius 1 is 1.15 bits per heavy atom. The molecule has 6 heteroatoms. The molecular formula is C14H10N2O2S2. The Balaban J connectivity index is 2.20. The third-order valence-electron chi connectivity index (χ3n) is 2.97. The van der Waals surface area contributed by atoms with Crippen molar-refractivity contribution in [1.82, 2.24) is 9.55 Å². The lowest BCUT2D eigenvalue weighted by molar-refractivity contribution is 0.0772. The highest BCUT2D eigenvalue weighted by atomic mass is 32.1. The predicted molar refractivity (Wildman–Crippen MR) is 82.7 cm³/mol. The molecule has 1 heterocycles. The second kappa shape index (κ2) is 5.22. The second-order valence-corrected chi connectivity index (χ2v) is 4.75. The van der Waals surface area contributed by atoms with Gasteiger partial charge in [-0.1, -0.05) is 18.2 Å². The molecule has 100 valence electrons. The summed E-state index contributed by atoms with van der Waals surface area (Å²) in [7, 11) is 0. The predicted octanol–water partition coefficient (Wildman–Crippen LogP) is 3.32. The fourth-order valence-corrected chi connectivity index (χ4v) is 2.52. The van der Waals surface area contributed by atoms with E-state index in [1.807, 2.05) is 41.0 Å². The van der Waals surface area contributed by atoms with Crippen molar-refractivity contribution < 1.29 is 8.98 Å². The van der Waals surface area contributed by atoms with E-state index in [1.54, 1.807) is 12.1 Å². The zero-order valence-electron chi connectivity index (χ0n) is 10.2. The number of aromatic nitrogens is 2. The minimum atomic E-state index is -0.509. The average molecular weight is 302 g/mol. The molecule has 0 bridgehead atoms. The van der Waals surface area contributed by atoms with Gasteiger partial charge in [0.15, 0.2) is 5.16 Å². The van der Waals surface area contributed by atoms with E-state index in [0.717, 1.165) is 11.2 Å². The maximum absolute atomic E-state index is 11.5. The number of para-hydroxylation sites is 1. The van der Waals surface area contributed by atoms with Crippen LogP contribution in [-0.2, 0) is 4.18 Å². The van der Waals surface area contributed by atoms with Gasteiger partial charge in [-0.05, 0) is 30.3 Å². The van der Waals surface area contributed by atoms with E-state index in [2.05, 4.69) is 34.7 Å². The van der Waals surface area contributed by atoms with Gasteiger partial charge in [0.2, 0.25) is 0 Å². The summed E-state index contributed by atoms with van der Waals surface area (Å²) in [5.41, 5.74) is 2.91. The van der Waals surface area contributed by atoms with E-state index < -0.39 is 5.97 Å². The van der Waals surface area contributed by atoms with Crippen molar-refractivity contribution in [2.45, 2.75) is 5.16 Å². The molecule has 0 saturated heterocycles. The lowest BCUT2D eigenvalue weighted by atomic mass is 10.2. The molecule has 3 aromatic rings. The molecule has 0 radical (unpaired) electrons. The van der Waals surface area contributed by atoms with Crippen LogP contribution in [0.3, 0.4) is 0 Å². The van der Waals surface area contributed by atoms with Crippen LogP contribution in [0.1, 0.15) is 10.4 Å². The highest BCUT2D eigenvalue weighted by Crippen LogP contribution is 2.24. The molecule has 0 saturated carbocycles. The van der Waals surface area contributed by atoms with E-state index in [-0.39, 0.29) is 0 Å². The SMILES string of the molecule is O=C(OS)c1ccc2c(c1)nc(S)n2-c1ccccc1. The Morgan fingerprint density at radius 3 is 2.60 bits per heavy atom.